The highest BCUT2D eigenvalue weighted by molar-refractivity contribution is 7.91. The first-order chi connectivity index (χ1) is 16.4. The molecule has 3 heterocycles. The molecule has 1 atom stereocenters. The molecule has 4 aromatic rings. The number of benzene rings is 2. The van der Waals surface area contributed by atoms with Gasteiger partial charge in [0.05, 0.1) is 17.6 Å². The van der Waals surface area contributed by atoms with E-state index in [0.29, 0.717) is 19.0 Å². The first-order valence-electron chi connectivity index (χ1n) is 11.3. The number of hydrogen-bond acceptors (Lipinski definition) is 7. The average molecular weight is 478 g/mol. The Morgan fingerprint density at radius 2 is 1.74 bits per heavy atom. The minimum Gasteiger partial charge on any atom is -0.389 e. The fraction of sp³-hybridized carbons (Fsp3) is 0.280. The second kappa shape index (κ2) is 9.17. The molecule has 0 spiro atoms. The Morgan fingerprint density at radius 1 is 1.03 bits per heavy atom. The van der Waals surface area contributed by atoms with Gasteiger partial charge in [0.2, 0.25) is 5.95 Å². The molecule has 1 aliphatic heterocycles. The molecule has 8 nitrogen and oxygen atoms in total. The van der Waals surface area contributed by atoms with Gasteiger partial charge in [-0.15, -0.1) is 5.10 Å². The number of pyridine rings is 1. The van der Waals surface area contributed by atoms with Crippen molar-refractivity contribution in [3.63, 3.8) is 0 Å². The van der Waals surface area contributed by atoms with Crippen molar-refractivity contribution in [1.29, 1.82) is 0 Å². The molecule has 0 saturated carbocycles. The molecule has 0 aliphatic carbocycles. The number of aliphatic hydroxyl groups excluding tert-OH is 1. The molecule has 2 aromatic heterocycles. The van der Waals surface area contributed by atoms with E-state index in [1.165, 1.54) is 0 Å². The lowest BCUT2D eigenvalue weighted by atomic mass is 10.0. The molecule has 1 unspecified atom stereocenters. The predicted molar refractivity (Wildman–Crippen MR) is 133 cm³/mol. The van der Waals surface area contributed by atoms with Crippen molar-refractivity contribution in [2.75, 3.05) is 29.9 Å². The van der Waals surface area contributed by atoms with Crippen molar-refractivity contribution in [2.45, 2.75) is 19.6 Å². The third kappa shape index (κ3) is 4.96. The maximum atomic E-state index is 11.6. The van der Waals surface area contributed by atoms with Crippen molar-refractivity contribution in [3.8, 4) is 11.1 Å². The van der Waals surface area contributed by atoms with Gasteiger partial charge in [-0.3, -0.25) is 4.90 Å². The summed E-state index contributed by atoms with van der Waals surface area (Å²) in [7, 11) is -2.87. The van der Waals surface area contributed by atoms with E-state index in [1.807, 2.05) is 42.6 Å². The number of sulfone groups is 1. The molecule has 0 bridgehead atoms. The first kappa shape index (κ1) is 22.5. The monoisotopic (exact) mass is 477 g/mol. The summed E-state index contributed by atoms with van der Waals surface area (Å²) in [6, 6.07) is 19.8. The van der Waals surface area contributed by atoms with Crippen molar-refractivity contribution in [3.05, 3.63) is 78.0 Å². The van der Waals surface area contributed by atoms with Crippen LogP contribution in [0.3, 0.4) is 0 Å². The number of rotatable bonds is 6. The van der Waals surface area contributed by atoms with Gasteiger partial charge < -0.3 is 10.4 Å². The molecule has 1 fully saturated rings. The number of nitrogens with zero attached hydrogens (tertiary/aromatic N) is 4. The second-order valence-corrected chi connectivity index (χ2v) is 11.0. The summed E-state index contributed by atoms with van der Waals surface area (Å²) in [5.74, 6) is 0.969. The van der Waals surface area contributed by atoms with E-state index >= 15 is 0 Å². The summed E-state index contributed by atoms with van der Waals surface area (Å²) in [6.07, 6.45) is 1.36. The normalized spacial score (nSPS) is 17.0. The highest BCUT2D eigenvalue weighted by Crippen LogP contribution is 2.26. The van der Waals surface area contributed by atoms with Crippen LogP contribution >= 0.6 is 0 Å². The zero-order valence-electron chi connectivity index (χ0n) is 18.9. The van der Waals surface area contributed by atoms with E-state index in [2.05, 4.69) is 39.6 Å². The zero-order chi connectivity index (χ0) is 23.7. The summed E-state index contributed by atoms with van der Waals surface area (Å²) >= 11 is 0. The highest BCUT2D eigenvalue weighted by Gasteiger charge is 2.21. The Morgan fingerprint density at radius 3 is 2.41 bits per heavy atom. The third-order valence-electron chi connectivity index (χ3n) is 6.12. The van der Waals surface area contributed by atoms with E-state index in [0.717, 1.165) is 40.1 Å². The van der Waals surface area contributed by atoms with Gasteiger partial charge in [0.15, 0.2) is 15.5 Å². The lowest BCUT2D eigenvalue weighted by Crippen LogP contribution is -2.39. The van der Waals surface area contributed by atoms with Gasteiger partial charge in [-0.2, -0.15) is 4.98 Å². The van der Waals surface area contributed by atoms with Crippen LogP contribution in [0.1, 0.15) is 24.2 Å². The topological polar surface area (TPSA) is 99.8 Å². The van der Waals surface area contributed by atoms with Crippen molar-refractivity contribution in [2.24, 2.45) is 0 Å². The predicted octanol–water partition coefficient (Wildman–Crippen LogP) is 3.42. The van der Waals surface area contributed by atoms with Crippen molar-refractivity contribution < 1.29 is 13.5 Å². The van der Waals surface area contributed by atoms with E-state index < -0.39 is 15.9 Å². The number of aliphatic hydroxyl groups is 1. The molecule has 1 aliphatic rings. The number of hydrogen-bond donors (Lipinski definition) is 2. The van der Waals surface area contributed by atoms with Gasteiger partial charge in [0.25, 0.3) is 0 Å². The Bertz CT molecular complexity index is 1380. The van der Waals surface area contributed by atoms with Gasteiger partial charge in [0.1, 0.15) is 0 Å². The zero-order valence-corrected chi connectivity index (χ0v) is 19.7. The third-order valence-corrected chi connectivity index (χ3v) is 7.73. The fourth-order valence-corrected chi connectivity index (χ4v) is 5.39. The lowest BCUT2D eigenvalue weighted by molar-refractivity contribution is 0.199. The van der Waals surface area contributed by atoms with Crippen LogP contribution in [0, 0.1) is 0 Å². The van der Waals surface area contributed by atoms with Gasteiger partial charge in [-0.1, -0.05) is 36.4 Å². The van der Waals surface area contributed by atoms with E-state index in [-0.39, 0.29) is 11.5 Å². The lowest BCUT2D eigenvalue weighted by Gasteiger charge is -2.26. The molecule has 0 amide bonds. The van der Waals surface area contributed by atoms with Gasteiger partial charge in [-0.25, -0.2) is 12.9 Å². The first-order valence-corrected chi connectivity index (χ1v) is 13.1. The molecule has 34 heavy (non-hydrogen) atoms. The number of fused-ring (bicyclic) bond motifs is 1. The number of aromatic nitrogens is 3. The summed E-state index contributed by atoms with van der Waals surface area (Å²) in [4.78, 5) is 6.88. The maximum Gasteiger partial charge on any atom is 0.247 e. The minimum absolute atomic E-state index is 0.237. The Kier molecular flexibility index (Phi) is 6.07. The fourth-order valence-electron chi connectivity index (χ4n) is 4.11. The molecule has 2 N–H and O–H groups in total. The summed E-state index contributed by atoms with van der Waals surface area (Å²) in [6.45, 7) is 3.65. The van der Waals surface area contributed by atoms with E-state index in [9.17, 15) is 13.5 Å². The molecule has 2 aromatic carbocycles. The summed E-state index contributed by atoms with van der Waals surface area (Å²) in [5.41, 5.74) is 5.61. The second-order valence-electron chi connectivity index (χ2n) is 8.67. The largest absolute Gasteiger partial charge is 0.389 e. The van der Waals surface area contributed by atoms with Gasteiger partial charge in [0, 0.05) is 37.1 Å². The number of nitrogens with one attached hydrogen (secondary N) is 1. The Hall–Kier alpha value is -3.27. The van der Waals surface area contributed by atoms with E-state index in [1.54, 1.807) is 11.4 Å². The van der Waals surface area contributed by atoms with Crippen LogP contribution in [0.25, 0.3) is 16.8 Å². The van der Waals surface area contributed by atoms with Crippen LogP contribution in [0.2, 0.25) is 0 Å². The molecular weight excluding hydrogens is 450 g/mol. The molecule has 5 rings (SSSR count). The Balaban J connectivity index is 1.33. The van der Waals surface area contributed by atoms with Crippen molar-refractivity contribution in [1.82, 2.24) is 19.5 Å². The quantitative estimate of drug-likeness (QED) is 0.439. The minimum atomic E-state index is -2.87. The summed E-state index contributed by atoms with van der Waals surface area (Å²) < 4.78 is 25.0. The van der Waals surface area contributed by atoms with Gasteiger partial charge >= 0.3 is 0 Å². The van der Waals surface area contributed by atoms with Crippen LogP contribution in [0.15, 0.2) is 66.9 Å². The SMILES string of the molecule is CC(O)c1ccc(Nc2nc3c(-c4ccc(CN5CCS(=O)(=O)CC5)cc4)cccn3n2)cc1. The molecular formula is C25H27N5O3S. The number of anilines is 2. The van der Waals surface area contributed by atoms with Crippen LogP contribution in [0.5, 0.6) is 0 Å². The molecule has 176 valence electrons. The maximum absolute atomic E-state index is 11.6. The van der Waals surface area contributed by atoms with Crippen molar-refractivity contribution >= 4 is 27.1 Å². The van der Waals surface area contributed by atoms with Crippen LogP contribution in [-0.4, -0.2) is 57.6 Å². The average Bonchev–Trinajstić information content (AvgIpc) is 3.24. The molecule has 0 radical (unpaired) electrons. The standard InChI is InChI=1S/C25H27N5O3S/c1-18(31)20-8-10-22(11-9-20)26-25-27-24-23(3-2-12-30(24)28-25)21-6-4-19(5-7-21)17-29-13-15-34(32,33)16-14-29/h2-12,18,31H,13-17H2,1H3,(H,26,28). The smallest absolute Gasteiger partial charge is 0.247 e. The highest BCUT2D eigenvalue weighted by atomic mass is 32.2. The Labute approximate surface area is 198 Å². The van der Waals surface area contributed by atoms with Gasteiger partial charge in [-0.05, 0) is 47.9 Å². The van der Waals surface area contributed by atoms with Crippen LogP contribution in [0.4, 0.5) is 11.6 Å². The van der Waals surface area contributed by atoms with Crippen LogP contribution in [-0.2, 0) is 16.4 Å². The van der Waals surface area contributed by atoms with Crippen LogP contribution < -0.4 is 5.32 Å². The molecule has 1 saturated heterocycles. The molecule has 9 heteroatoms. The summed E-state index contributed by atoms with van der Waals surface area (Å²) in [5, 5.41) is 17.5. The van der Waals surface area contributed by atoms with E-state index in [4.69, 9.17) is 4.98 Å².